The van der Waals surface area contributed by atoms with Crippen molar-refractivity contribution in [3.8, 4) is 5.75 Å². The van der Waals surface area contributed by atoms with E-state index in [-0.39, 0.29) is 0 Å². The molecule has 0 radical (unpaired) electrons. The van der Waals surface area contributed by atoms with E-state index >= 15 is 0 Å². The molecular formula is C19H26NO2+. The fraction of sp³-hybridized carbons (Fsp3) is 0.368. The number of hydrogen-bond donors (Lipinski definition) is 2. The minimum atomic E-state index is -0.480. The van der Waals surface area contributed by atoms with Crippen LogP contribution in [0.3, 0.4) is 0 Å². The third-order valence-electron chi connectivity index (χ3n) is 3.86. The molecule has 0 aliphatic carbocycles. The maximum Gasteiger partial charge on any atom is 0.137 e. The lowest BCUT2D eigenvalue weighted by Crippen LogP contribution is -2.87. The monoisotopic (exact) mass is 300 g/mol. The van der Waals surface area contributed by atoms with Crippen LogP contribution in [0.4, 0.5) is 0 Å². The predicted molar refractivity (Wildman–Crippen MR) is 89.1 cm³/mol. The lowest BCUT2D eigenvalue weighted by Gasteiger charge is -2.16. The zero-order valence-electron chi connectivity index (χ0n) is 13.6. The molecule has 2 aromatic carbocycles. The molecule has 0 saturated heterocycles. The van der Waals surface area contributed by atoms with Crippen LogP contribution < -0.4 is 10.1 Å². The highest BCUT2D eigenvalue weighted by atomic mass is 16.5. The van der Waals surface area contributed by atoms with Crippen molar-refractivity contribution in [2.24, 2.45) is 0 Å². The van der Waals surface area contributed by atoms with Crippen LogP contribution in [0.5, 0.6) is 5.75 Å². The van der Waals surface area contributed by atoms with Gasteiger partial charge in [-0.1, -0.05) is 42.5 Å². The average molecular weight is 300 g/mol. The average Bonchev–Trinajstić information content (AvgIpc) is 2.54. The molecule has 0 aliphatic heterocycles. The molecule has 2 aromatic rings. The number of quaternary nitrogens is 1. The lowest BCUT2D eigenvalue weighted by molar-refractivity contribution is -0.698. The number of aliphatic hydroxyl groups excluding tert-OH is 1. The first-order valence-corrected chi connectivity index (χ1v) is 7.82. The van der Waals surface area contributed by atoms with Gasteiger partial charge in [-0.2, -0.15) is 0 Å². The van der Waals surface area contributed by atoms with Crippen LogP contribution in [0.15, 0.2) is 48.5 Å². The number of ether oxygens (including phenoxy) is 1. The van der Waals surface area contributed by atoms with Gasteiger partial charge in [-0.3, -0.25) is 0 Å². The molecule has 0 spiro atoms. The molecule has 0 amide bonds. The van der Waals surface area contributed by atoms with Crippen LogP contribution in [0.1, 0.15) is 29.7 Å². The van der Waals surface area contributed by atoms with Crippen molar-refractivity contribution in [2.75, 3.05) is 13.2 Å². The van der Waals surface area contributed by atoms with Crippen molar-refractivity contribution < 1.29 is 15.2 Å². The van der Waals surface area contributed by atoms with Gasteiger partial charge in [0.2, 0.25) is 0 Å². The highest BCUT2D eigenvalue weighted by Gasteiger charge is 2.13. The third kappa shape index (κ3) is 4.86. The van der Waals surface area contributed by atoms with Crippen LogP contribution in [0.25, 0.3) is 0 Å². The van der Waals surface area contributed by atoms with Crippen molar-refractivity contribution in [1.82, 2.24) is 0 Å². The SMILES string of the molecule is Cc1ccc(C)c(OC[C@H](O)C[NH2+][C@H](C)c2ccccc2)c1. The quantitative estimate of drug-likeness (QED) is 0.824. The minimum absolute atomic E-state index is 0.322. The maximum atomic E-state index is 10.1. The highest BCUT2D eigenvalue weighted by Crippen LogP contribution is 2.19. The summed E-state index contributed by atoms with van der Waals surface area (Å²) in [5, 5.41) is 12.3. The maximum absolute atomic E-state index is 10.1. The molecule has 0 fully saturated rings. The van der Waals surface area contributed by atoms with Gasteiger partial charge in [0, 0.05) is 5.56 Å². The summed E-state index contributed by atoms with van der Waals surface area (Å²) in [7, 11) is 0. The zero-order valence-corrected chi connectivity index (χ0v) is 13.6. The van der Waals surface area contributed by atoms with Crippen molar-refractivity contribution in [3.63, 3.8) is 0 Å². The first kappa shape index (κ1) is 16.5. The molecule has 2 atom stereocenters. The van der Waals surface area contributed by atoms with Gasteiger partial charge in [0.1, 0.15) is 31.0 Å². The molecule has 0 bridgehead atoms. The lowest BCUT2D eigenvalue weighted by atomic mass is 10.1. The topological polar surface area (TPSA) is 46.1 Å². The Balaban J connectivity index is 1.78. The molecule has 3 nitrogen and oxygen atoms in total. The van der Waals surface area contributed by atoms with Crippen LogP contribution in [0.2, 0.25) is 0 Å². The van der Waals surface area contributed by atoms with Crippen molar-refractivity contribution >= 4 is 0 Å². The van der Waals surface area contributed by atoms with E-state index in [0.29, 0.717) is 19.2 Å². The van der Waals surface area contributed by atoms with Gasteiger partial charge in [-0.25, -0.2) is 0 Å². The Morgan fingerprint density at radius 3 is 2.55 bits per heavy atom. The van der Waals surface area contributed by atoms with E-state index in [1.54, 1.807) is 0 Å². The van der Waals surface area contributed by atoms with E-state index in [4.69, 9.17) is 4.74 Å². The van der Waals surface area contributed by atoms with E-state index in [9.17, 15) is 5.11 Å². The second-order valence-electron chi connectivity index (χ2n) is 5.90. The molecule has 3 N–H and O–H groups in total. The van der Waals surface area contributed by atoms with Crippen molar-refractivity contribution in [3.05, 3.63) is 65.2 Å². The van der Waals surface area contributed by atoms with E-state index in [1.807, 2.05) is 44.2 Å². The third-order valence-corrected chi connectivity index (χ3v) is 3.86. The fourth-order valence-electron chi connectivity index (χ4n) is 2.37. The largest absolute Gasteiger partial charge is 0.490 e. The first-order valence-electron chi connectivity index (χ1n) is 7.82. The smallest absolute Gasteiger partial charge is 0.137 e. The number of aliphatic hydroxyl groups is 1. The van der Waals surface area contributed by atoms with Crippen LogP contribution >= 0.6 is 0 Å². The molecule has 0 saturated carbocycles. The molecule has 0 unspecified atom stereocenters. The summed E-state index contributed by atoms with van der Waals surface area (Å²) in [6, 6.07) is 16.8. The molecule has 118 valence electrons. The normalized spacial score (nSPS) is 13.6. The van der Waals surface area contributed by atoms with Gasteiger partial charge in [-0.15, -0.1) is 0 Å². The van der Waals surface area contributed by atoms with Gasteiger partial charge in [-0.05, 0) is 38.0 Å². The fourth-order valence-corrected chi connectivity index (χ4v) is 2.37. The first-order chi connectivity index (χ1) is 10.6. The molecule has 0 heterocycles. The number of nitrogens with two attached hydrogens (primary N) is 1. The standard InChI is InChI=1S/C19H25NO2/c1-14-9-10-15(2)19(11-14)22-13-18(21)12-20-16(3)17-7-5-4-6-8-17/h4-11,16,18,20-21H,12-13H2,1-3H3/p+1/t16-,18-/m1/s1. The summed E-state index contributed by atoms with van der Waals surface area (Å²) >= 11 is 0. The van der Waals surface area contributed by atoms with Gasteiger partial charge < -0.3 is 15.2 Å². The van der Waals surface area contributed by atoms with E-state index in [1.165, 1.54) is 11.1 Å². The predicted octanol–water partition coefficient (Wildman–Crippen LogP) is 2.37. The summed E-state index contributed by atoms with van der Waals surface area (Å²) in [6.07, 6.45) is -0.480. The summed E-state index contributed by atoms with van der Waals surface area (Å²) in [6.45, 7) is 7.15. The Morgan fingerprint density at radius 1 is 1.09 bits per heavy atom. The number of benzene rings is 2. The van der Waals surface area contributed by atoms with Crippen molar-refractivity contribution in [2.45, 2.75) is 32.9 Å². The molecule has 2 rings (SSSR count). The van der Waals surface area contributed by atoms with Gasteiger partial charge in [0.15, 0.2) is 0 Å². The summed E-state index contributed by atoms with van der Waals surface area (Å²) in [4.78, 5) is 0. The Hall–Kier alpha value is -1.84. The molecule has 0 aromatic heterocycles. The molecule has 22 heavy (non-hydrogen) atoms. The molecule has 0 aliphatic rings. The Bertz CT molecular complexity index is 583. The minimum Gasteiger partial charge on any atom is -0.490 e. The van der Waals surface area contributed by atoms with Gasteiger partial charge >= 0.3 is 0 Å². The van der Waals surface area contributed by atoms with Crippen LogP contribution in [-0.4, -0.2) is 24.4 Å². The zero-order chi connectivity index (χ0) is 15.9. The Kier molecular flexibility index (Phi) is 5.99. The molecular weight excluding hydrogens is 274 g/mol. The highest BCUT2D eigenvalue weighted by molar-refractivity contribution is 5.35. The summed E-state index contributed by atoms with van der Waals surface area (Å²) in [5.74, 6) is 0.857. The van der Waals surface area contributed by atoms with Gasteiger partial charge in [0.25, 0.3) is 0 Å². The van der Waals surface area contributed by atoms with E-state index < -0.39 is 6.10 Å². The summed E-state index contributed by atoms with van der Waals surface area (Å²) < 4.78 is 5.75. The summed E-state index contributed by atoms with van der Waals surface area (Å²) in [5.41, 5.74) is 3.53. The number of aryl methyl sites for hydroxylation is 2. The number of rotatable bonds is 7. The van der Waals surface area contributed by atoms with Crippen molar-refractivity contribution in [1.29, 1.82) is 0 Å². The Morgan fingerprint density at radius 2 is 1.82 bits per heavy atom. The van der Waals surface area contributed by atoms with Gasteiger partial charge in [0.05, 0.1) is 0 Å². The Labute approximate surface area is 133 Å². The second kappa shape index (κ2) is 7.97. The van der Waals surface area contributed by atoms with Crippen LogP contribution in [-0.2, 0) is 0 Å². The van der Waals surface area contributed by atoms with E-state index in [2.05, 4.69) is 30.4 Å². The van der Waals surface area contributed by atoms with E-state index in [0.717, 1.165) is 11.3 Å². The van der Waals surface area contributed by atoms with Crippen LogP contribution in [0, 0.1) is 13.8 Å². The second-order valence-corrected chi connectivity index (χ2v) is 5.90. The molecule has 3 heteroatoms. The number of hydrogen-bond acceptors (Lipinski definition) is 2.